The molecule has 2 rings (SSSR count). The lowest BCUT2D eigenvalue weighted by Gasteiger charge is -2.05. The van der Waals surface area contributed by atoms with Gasteiger partial charge in [0, 0.05) is 18.7 Å². The molecular weight excluding hydrogens is 233 g/mol. The lowest BCUT2D eigenvalue weighted by Crippen LogP contribution is -2.03. The van der Waals surface area contributed by atoms with Gasteiger partial charge in [-0.3, -0.25) is 0 Å². The van der Waals surface area contributed by atoms with Crippen molar-refractivity contribution >= 4 is 29.3 Å². The largest absolute Gasteiger partial charge is 0.462 e. The van der Waals surface area contributed by atoms with E-state index in [4.69, 9.17) is 27.9 Å². The van der Waals surface area contributed by atoms with Crippen LogP contribution in [0, 0.1) is 0 Å². The third-order valence-electron chi connectivity index (χ3n) is 2.10. The van der Waals surface area contributed by atoms with Crippen LogP contribution in [0.3, 0.4) is 0 Å². The number of fused-ring (bicyclic) bond motifs is 1. The Labute approximate surface area is 98.1 Å². The fourth-order valence-electron chi connectivity index (χ4n) is 1.26. The molecule has 1 heterocycles. The molecule has 0 amide bonds. The van der Waals surface area contributed by atoms with E-state index in [1.165, 1.54) is 0 Å². The minimum absolute atomic E-state index is 0.491. The van der Waals surface area contributed by atoms with Gasteiger partial charge in [0.25, 0.3) is 0 Å². The molecule has 78 valence electrons. The molecule has 2 nitrogen and oxygen atoms in total. The van der Waals surface area contributed by atoms with Gasteiger partial charge < -0.3 is 10.1 Å². The topological polar surface area (TPSA) is 21.3 Å². The Morgan fingerprint density at radius 3 is 2.60 bits per heavy atom. The normalized spacial score (nSPS) is 13.7. The molecule has 0 saturated heterocycles. The maximum atomic E-state index is 5.92. The minimum Gasteiger partial charge on any atom is -0.462 e. The fourth-order valence-corrected chi connectivity index (χ4v) is 1.59. The van der Waals surface area contributed by atoms with Crippen LogP contribution in [0.1, 0.15) is 5.56 Å². The van der Waals surface area contributed by atoms with E-state index in [0.717, 1.165) is 11.3 Å². The van der Waals surface area contributed by atoms with Crippen molar-refractivity contribution in [3.63, 3.8) is 0 Å². The van der Waals surface area contributed by atoms with E-state index in [-0.39, 0.29) is 0 Å². The summed E-state index contributed by atoms with van der Waals surface area (Å²) in [4.78, 5) is 0. The third-order valence-corrected chi connectivity index (χ3v) is 2.82. The zero-order valence-corrected chi connectivity index (χ0v) is 9.56. The average molecular weight is 242 g/mol. The van der Waals surface area contributed by atoms with Crippen LogP contribution >= 0.6 is 23.2 Å². The first kappa shape index (κ1) is 10.4. The summed E-state index contributed by atoms with van der Waals surface area (Å²) in [6.45, 7) is 0. The predicted molar refractivity (Wildman–Crippen MR) is 63.3 cm³/mol. The molecule has 0 radical (unpaired) electrons. The van der Waals surface area contributed by atoms with E-state index < -0.39 is 0 Å². The van der Waals surface area contributed by atoms with Crippen LogP contribution in [0.4, 0.5) is 0 Å². The van der Waals surface area contributed by atoms with Crippen molar-refractivity contribution in [2.75, 3.05) is 7.05 Å². The first-order chi connectivity index (χ1) is 7.20. The maximum absolute atomic E-state index is 5.92. The molecule has 1 N–H and O–H groups in total. The van der Waals surface area contributed by atoms with Crippen LogP contribution < -0.4 is 10.1 Å². The monoisotopic (exact) mass is 241 g/mol. The van der Waals surface area contributed by atoms with Crippen molar-refractivity contribution in [3.8, 4) is 5.75 Å². The molecule has 1 aliphatic rings. The number of hydrogen-bond donors (Lipinski definition) is 1. The summed E-state index contributed by atoms with van der Waals surface area (Å²) >= 11 is 11.8. The van der Waals surface area contributed by atoms with Crippen molar-refractivity contribution in [2.45, 2.75) is 0 Å². The molecule has 0 saturated carbocycles. The fraction of sp³-hybridized carbons (Fsp3) is 0.0909. The van der Waals surface area contributed by atoms with E-state index in [1.54, 1.807) is 18.4 Å². The molecule has 0 aliphatic carbocycles. The molecule has 1 aromatic carbocycles. The number of ether oxygens (including phenoxy) is 1. The Hall–Kier alpha value is -1.12. The second-order valence-corrected chi connectivity index (χ2v) is 3.89. The van der Waals surface area contributed by atoms with Gasteiger partial charge in [0.1, 0.15) is 12.0 Å². The summed E-state index contributed by atoms with van der Waals surface area (Å²) in [5, 5.41) is 4.01. The second kappa shape index (κ2) is 4.17. The van der Waals surface area contributed by atoms with Gasteiger partial charge in [-0.05, 0) is 18.2 Å². The zero-order chi connectivity index (χ0) is 10.8. The van der Waals surface area contributed by atoms with Gasteiger partial charge in [-0.1, -0.05) is 23.2 Å². The van der Waals surface area contributed by atoms with E-state index in [9.17, 15) is 0 Å². The second-order valence-electron chi connectivity index (χ2n) is 3.08. The van der Waals surface area contributed by atoms with E-state index in [2.05, 4.69) is 5.32 Å². The highest BCUT2D eigenvalue weighted by molar-refractivity contribution is 6.42. The lowest BCUT2D eigenvalue weighted by molar-refractivity contribution is 0.474. The van der Waals surface area contributed by atoms with Crippen LogP contribution in [0.5, 0.6) is 5.75 Å². The number of nitrogens with one attached hydrogen (secondary N) is 1. The molecule has 0 fully saturated rings. The Kier molecular flexibility index (Phi) is 2.89. The summed E-state index contributed by atoms with van der Waals surface area (Å²) < 4.78 is 5.46. The van der Waals surface area contributed by atoms with E-state index >= 15 is 0 Å². The first-order valence-electron chi connectivity index (χ1n) is 4.42. The number of hydrogen-bond acceptors (Lipinski definition) is 2. The summed E-state index contributed by atoms with van der Waals surface area (Å²) in [7, 11) is 1.83. The Balaban J connectivity index is 2.46. The van der Waals surface area contributed by atoms with Crippen molar-refractivity contribution < 1.29 is 4.74 Å². The number of allylic oxidation sites excluding steroid dienone is 1. The van der Waals surface area contributed by atoms with E-state index in [0.29, 0.717) is 15.8 Å². The lowest BCUT2D eigenvalue weighted by atomic mass is 10.2. The number of likely N-dealkylation sites (N-methyl/N-ethyl adjacent to an activating group) is 1. The molecule has 0 unspecified atom stereocenters. The molecule has 0 atom stereocenters. The molecule has 4 heteroatoms. The van der Waals surface area contributed by atoms with Gasteiger partial charge in [-0.25, -0.2) is 0 Å². The van der Waals surface area contributed by atoms with Crippen LogP contribution in [0.2, 0.25) is 10.0 Å². The summed E-state index contributed by atoms with van der Waals surface area (Å²) in [5.41, 5.74) is 1.80. The highest BCUT2D eigenvalue weighted by Gasteiger charge is 2.08. The molecule has 0 bridgehead atoms. The van der Waals surface area contributed by atoms with Gasteiger partial charge in [-0.2, -0.15) is 0 Å². The summed E-state index contributed by atoms with van der Waals surface area (Å²) in [5.74, 6) is 0.700. The summed E-state index contributed by atoms with van der Waals surface area (Å²) in [6.07, 6.45) is 5.47. The smallest absolute Gasteiger partial charge is 0.135 e. The van der Waals surface area contributed by atoms with Gasteiger partial charge in [0.15, 0.2) is 0 Å². The van der Waals surface area contributed by atoms with Gasteiger partial charge in [0.2, 0.25) is 0 Å². The zero-order valence-electron chi connectivity index (χ0n) is 8.05. The minimum atomic E-state index is 0.491. The SMILES string of the molecule is CNC1=COc2cc(Cl)c(Cl)cc2C=C1. The number of benzene rings is 1. The highest BCUT2D eigenvalue weighted by atomic mass is 35.5. The molecule has 1 aromatic rings. The van der Waals surface area contributed by atoms with Crippen molar-refractivity contribution in [1.29, 1.82) is 0 Å². The Morgan fingerprint density at radius 1 is 1.13 bits per heavy atom. The van der Waals surface area contributed by atoms with Crippen molar-refractivity contribution in [2.24, 2.45) is 0 Å². The number of halogens is 2. The average Bonchev–Trinajstić information content (AvgIpc) is 2.42. The maximum Gasteiger partial charge on any atom is 0.135 e. The summed E-state index contributed by atoms with van der Waals surface area (Å²) in [6, 6.07) is 3.49. The molecule has 0 spiro atoms. The predicted octanol–water partition coefficient (Wildman–Crippen LogP) is 3.46. The standard InChI is InChI=1S/C11H9Cl2NO/c1-14-8-3-2-7-4-9(12)10(13)5-11(7)15-6-8/h2-6,14H,1H3. The highest BCUT2D eigenvalue weighted by Crippen LogP contribution is 2.32. The first-order valence-corrected chi connectivity index (χ1v) is 5.18. The van der Waals surface area contributed by atoms with Crippen molar-refractivity contribution in [1.82, 2.24) is 5.32 Å². The van der Waals surface area contributed by atoms with Crippen molar-refractivity contribution in [3.05, 3.63) is 45.8 Å². The van der Waals surface area contributed by atoms with Gasteiger partial charge in [0.05, 0.1) is 15.7 Å². The van der Waals surface area contributed by atoms with Gasteiger partial charge in [-0.15, -0.1) is 0 Å². The molecule has 0 aromatic heterocycles. The third kappa shape index (κ3) is 2.11. The molecule has 1 aliphatic heterocycles. The van der Waals surface area contributed by atoms with Crippen LogP contribution in [0.15, 0.2) is 30.2 Å². The van der Waals surface area contributed by atoms with Crippen LogP contribution in [-0.2, 0) is 0 Å². The molecular formula is C11H9Cl2NO. The van der Waals surface area contributed by atoms with E-state index in [1.807, 2.05) is 19.2 Å². The quantitative estimate of drug-likeness (QED) is 0.814. The molecule has 15 heavy (non-hydrogen) atoms. The van der Waals surface area contributed by atoms with Gasteiger partial charge >= 0.3 is 0 Å². The van der Waals surface area contributed by atoms with Crippen LogP contribution in [-0.4, -0.2) is 7.05 Å². The Morgan fingerprint density at radius 2 is 1.87 bits per heavy atom. The Bertz CT molecular complexity index is 452. The number of rotatable bonds is 1. The van der Waals surface area contributed by atoms with Crippen LogP contribution in [0.25, 0.3) is 6.08 Å².